The van der Waals surface area contributed by atoms with E-state index in [1.165, 1.54) is 0 Å². The Kier molecular flexibility index (Phi) is 6.26. The maximum Gasteiger partial charge on any atom is 0.262 e. The van der Waals surface area contributed by atoms with Crippen molar-refractivity contribution in [1.29, 1.82) is 0 Å². The van der Waals surface area contributed by atoms with Crippen molar-refractivity contribution in [2.24, 2.45) is 0 Å². The number of hydrogen-bond acceptors (Lipinski definition) is 7. The van der Waals surface area contributed by atoms with Crippen LogP contribution in [0.4, 0.5) is 5.69 Å². The maximum absolute atomic E-state index is 12.2. The van der Waals surface area contributed by atoms with E-state index in [9.17, 15) is 4.79 Å². The fourth-order valence-electron chi connectivity index (χ4n) is 2.86. The Labute approximate surface area is 184 Å². The highest BCUT2D eigenvalue weighted by molar-refractivity contribution is 5.91. The molecule has 0 spiro atoms. The third kappa shape index (κ3) is 5.39. The summed E-state index contributed by atoms with van der Waals surface area (Å²) in [7, 11) is 1.57. The normalized spacial score (nSPS) is 10.4. The number of carbonyl (C=O) groups excluding carboxylic acids is 1. The monoisotopic (exact) mass is 431 g/mol. The lowest BCUT2D eigenvalue weighted by atomic mass is 10.3. The van der Waals surface area contributed by atoms with Crippen LogP contribution in [0.25, 0.3) is 5.82 Å². The minimum atomic E-state index is -0.281. The van der Waals surface area contributed by atoms with E-state index < -0.39 is 0 Å². The van der Waals surface area contributed by atoms with E-state index in [1.54, 1.807) is 85.7 Å². The van der Waals surface area contributed by atoms with Gasteiger partial charge in [-0.05, 0) is 49.4 Å². The lowest BCUT2D eigenvalue weighted by molar-refractivity contribution is -0.118. The summed E-state index contributed by atoms with van der Waals surface area (Å²) in [6.45, 7) is 1.66. The number of aromatic nitrogens is 4. The molecule has 2 heterocycles. The molecule has 2 aromatic heterocycles. The van der Waals surface area contributed by atoms with Crippen molar-refractivity contribution in [3.8, 4) is 28.9 Å². The van der Waals surface area contributed by atoms with Crippen molar-refractivity contribution in [3.05, 3.63) is 78.9 Å². The maximum atomic E-state index is 12.2. The zero-order chi connectivity index (χ0) is 22.3. The zero-order valence-corrected chi connectivity index (χ0v) is 17.6. The fraction of sp³-hybridized carbons (Fsp3) is 0.130. The van der Waals surface area contributed by atoms with Crippen LogP contribution in [0, 0.1) is 6.92 Å². The average molecular weight is 431 g/mol. The van der Waals surface area contributed by atoms with Gasteiger partial charge in [0.1, 0.15) is 23.1 Å². The highest BCUT2D eigenvalue weighted by Gasteiger charge is 2.08. The number of amides is 1. The molecule has 0 aliphatic rings. The molecule has 4 rings (SSSR count). The van der Waals surface area contributed by atoms with Crippen LogP contribution in [0.3, 0.4) is 0 Å². The lowest BCUT2D eigenvalue weighted by Gasteiger charge is -2.10. The van der Waals surface area contributed by atoms with Gasteiger partial charge in [0.05, 0.1) is 7.11 Å². The van der Waals surface area contributed by atoms with Gasteiger partial charge in [-0.2, -0.15) is 10.1 Å². The van der Waals surface area contributed by atoms with Crippen molar-refractivity contribution in [3.63, 3.8) is 0 Å². The summed E-state index contributed by atoms with van der Waals surface area (Å²) >= 11 is 0. The van der Waals surface area contributed by atoms with Gasteiger partial charge in [-0.3, -0.25) is 4.79 Å². The Balaban J connectivity index is 1.34. The third-order valence-electron chi connectivity index (χ3n) is 4.31. The van der Waals surface area contributed by atoms with Gasteiger partial charge in [-0.15, -0.1) is 0 Å². The number of ether oxygens (including phenoxy) is 3. The first-order valence-corrected chi connectivity index (χ1v) is 9.79. The van der Waals surface area contributed by atoms with Crippen LogP contribution < -0.4 is 19.5 Å². The van der Waals surface area contributed by atoms with Crippen molar-refractivity contribution in [2.45, 2.75) is 6.92 Å². The molecule has 9 nitrogen and oxygen atoms in total. The molecule has 2 aromatic carbocycles. The minimum absolute atomic E-state index is 0.123. The van der Waals surface area contributed by atoms with Gasteiger partial charge >= 0.3 is 0 Å². The third-order valence-corrected chi connectivity index (χ3v) is 4.31. The Morgan fingerprint density at radius 1 is 1.00 bits per heavy atom. The van der Waals surface area contributed by atoms with Crippen molar-refractivity contribution in [2.75, 3.05) is 19.0 Å². The fourth-order valence-corrected chi connectivity index (χ4v) is 2.86. The molecule has 162 valence electrons. The first-order valence-electron chi connectivity index (χ1n) is 9.79. The summed E-state index contributed by atoms with van der Waals surface area (Å²) in [6.07, 6.45) is 3.47. The Morgan fingerprint density at radius 3 is 2.56 bits per heavy atom. The number of carbonyl (C=O) groups is 1. The Morgan fingerprint density at radius 2 is 1.81 bits per heavy atom. The van der Waals surface area contributed by atoms with Gasteiger partial charge in [0.25, 0.3) is 5.91 Å². The second kappa shape index (κ2) is 9.61. The number of benzene rings is 2. The first-order chi connectivity index (χ1) is 15.6. The number of anilines is 1. The van der Waals surface area contributed by atoms with Crippen LogP contribution in [-0.4, -0.2) is 39.4 Å². The standard InChI is InChI=1S/C23H21N5O4/c1-16-25-21(28-12-4-11-24-28)14-23(26-16)32-18-9-7-17(8-10-18)27-22(29)15-31-20-6-3-5-19(13-20)30-2/h3-14H,15H2,1-2H3,(H,27,29). The number of methoxy groups -OCH3 is 1. The molecule has 0 aliphatic carbocycles. The smallest absolute Gasteiger partial charge is 0.262 e. The van der Waals surface area contributed by atoms with Crippen LogP contribution >= 0.6 is 0 Å². The highest BCUT2D eigenvalue weighted by Crippen LogP contribution is 2.23. The van der Waals surface area contributed by atoms with E-state index >= 15 is 0 Å². The number of nitrogens with zero attached hydrogens (tertiary/aromatic N) is 4. The second-order valence-electron chi connectivity index (χ2n) is 6.70. The van der Waals surface area contributed by atoms with Gasteiger partial charge < -0.3 is 19.5 Å². The molecule has 32 heavy (non-hydrogen) atoms. The minimum Gasteiger partial charge on any atom is -0.497 e. The Hall–Kier alpha value is -4.40. The van der Waals surface area contributed by atoms with E-state index in [4.69, 9.17) is 14.2 Å². The first kappa shape index (κ1) is 20.9. The predicted molar refractivity (Wildman–Crippen MR) is 118 cm³/mol. The molecule has 0 atom stereocenters. The number of nitrogens with one attached hydrogen (secondary N) is 1. The van der Waals surface area contributed by atoms with Gasteiger partial charge in [0, 0.05) is 30.2 Å². The summed E-state index contributed by atoms with van der Waals surface area (Å²) in [6, 6.07) is 17.5. The molecule has 9 heteroatoms. The summed E-state index contributed by atoms with van der Waals surface area (Å²) in [5.41, 5.74) is 0.618. The summed E-state index contributed by atoms with van der Waals surface area (Å²) < 4.78 is 18.1. The molecule has 1 amide bonds. The van der Waals surface area contributed by atoms with Gasteiger partial charge in [-0.25, -0.2) is 9.67 Å². The van der Waals surface area contributed by atoms with Crippen LogP contribution in [0.15, 0.2) is 73.1 Å². The molecule has 0 fully saturated rings. The number of rotatable bonds is 8. The molecule has 0 saturated heterocycles. The van der Waals surface area contributed by atoms with E-state index in [0.717, 1.165) is 0 Å². The molecule has 0 unspecified atom stereocenters. The van der Waals surface area contributed by atoms with Crippen LogP contribution in [0.5, 0.6) is 23.1 Å². The van der Waals surface area contributed by atoms with E-state index in [-0.39, 0.29) is 12.5 Å². The molecular weight excluding hydrogens is 410 g/mol. The second-order valence-corrected chi connectivity index (χ2v) is 6.70. The summed E-state index contributed by atoms with van der Waals surface area (Å²) in [5.74, 6) is 3.07. The quantitative estimate of drug-likeness (QED) is 0.453. The number of aryl methyl sites for hydroxylation is 1. The number of hydrogen-bond donors (Lipinski definition) is 1. The van der Waals surface area contributed by atoms with Gasteiger partial charge in [0.2, 0.25) is 5.88 Å². The van der Waals surface area contributed by atoms with Gasteiger partial charge in [-0.1, -0.05) is 6.07 Å². The lowest BCUT2D eigenvalue weighted by Crippen LogP contribution is -2.20. The van der Waals surface area contributed by atoms with Crippen LogP contribution in [0.2, 0.25) is 0 Å². The molecule has 0 bridgehead atoms. The molecule has 0 aliphatic heterocycles. The molecular formula is C23H21N5O4. The zero-order valence-electron chi connectivity index (χ0n) is 17.6. The molecule has 0 saturated carbocycles. The van der Waals surface area contributed by atoms with Crippen LogP contribution in [-0.2, 0) is 4.79 Å². The van der Waals surface area contributed by atoms with E-state index in [0.29, 0.717) is 40.5 Å². The average Bonchev–Trinajstić information content (AvgIpc) is 3.34. The highest BCUT2D eigenvalue weighted by atomic mass is 16.5. The van der Waals surface area contributed by atoms with Crippen molar-refractivity contribution >= 4 is 11.6 Å². The SMILES string of the molecule is COc1cccc(OCC(=O)Nc2ccc(Oc3cc(-n4cccn4)nc(C)n3)cc2)c1. The van der Waals surface area contributed by atoms with Gasteiger partial charge in [0.15, 0.2) is 12.4 Å². The van der Waals surface area contributed by atoms with Crippen molar-refractivity contribution in [1.82, 2.24) is 19.7 Å². The molecule has 1 N–H and O–H groups in total. The molecule has 4 aromatic rings. The van der Waals surface area contributed by atoms with E-state index in [2.05, 4.69) is 20.4 Å². The summed E-state index contributed by atoms with van der Waals surface area (Å²) in [5, 5.41) is 6.95. The van der Waals surface area contributed by atoms with Crippen LogP contribution in [0.1, 0.15) is 5.82 Å². The largest absolute Gasteiger partial charge is 0.497 e. The predicted octanol–water partition coefficient (Wildman–Crippen LogP) is 3.79. The van der Waals surface area contributed by atoms with Crippen molar-refractivity contribution < 1.29 is 19.0 Å². The Bertz CT molecular complexity index is 1190. The topological polar surface area (TPSA) is 100 Å². The summed E-state index contributed by atoms with van der Waals surface area (Å²) in [4.78, 5) is 20.8. The van der Waals surface area contributed by atoms with E-state index in [1.807, 2.05) is 6.07 Å². The molecule has 0 radical (unpaired) electrons.